The molecule has 0 unspecified atom stereocenters. The normalized spacial score (nSPS) is 21.3. The van der Waals surface area contributed by atoms with Gasteiger partial charge in [0.1, 0.15) is 11.4 Å². The van der Waals surface area contributed by atoms with E-state index >= 15 is 0 Å². The third kappa shape index (κ3) is 4.76. The molecular weight excluding hydrogens is 438 g/mol. The van der Waals surface area contributed by atoms with Crippen LogP contribution in [0.1, 0.15) is 50.8 Å². The Morgan fingerprint density at radius 3 is 2.35 bits per heavy atom. The smallest absolute Gasteiger partial charge is 0.410 e. The van der Waals surface area contributed by atoms with Crippen LogP contribution in [0.25, 0.3) is 0 Å². The molecule has 2 aliphatic rings. The van der Waals surface area contributed by atoms with E-state index in [-0.39, 0.29) is 31.8 Å². The van der Waals surface area contributed by atoms with E-state index in [1.54, 1.807) is 18.9 Å². The highest BCUT2D eigenvalue weighted by Crippen LogP contribution is 2.48. The zero-order chi connectivity index (χ0) is 24.5. The molecule has 2 aromatic carbocycles. The summed E-state index contributed by atoms with van der Waals surface area (Å²) < 4.78 is 27.5. The van der Waals surface area contributed by atoms with Gasteiger partial charge < -0.3 is 23.7 Å². The summed E-state index contributed by atoms with van der Waals surface area (Å²) >= 11 is 0. The van der Waals surface area contributed by atoms with E-state index in [1.165, 1.54) is 0 Å². The van der Waals surface area contributed by atoms with Gasteiger partial charge in [-0.05, 0) is 63.1 Å². The van der Waals surface area contributed by atoms with Crippen molar-refractivity contribution in [3.05, 3.63) is 53.6 Å². The quantitative estimate of drug-likeness (QED) is 0.588. The Morgan fingerprint density at radius 2 is 1.71 bits per heavy atom. The zero-order valence-corrected chi connectivity index (χ0v) is 20.2. The maximum absolute atomic E-state index is 13.3. The molecule has 8 heteroatoms. The van der Waals surface area contributed by atoms with Crippen molar-refractivity contribution in [2.24, 2.45) is 5.92 Å². The second-order valence-corrected chi connectivity index (χ2v) is 9.35. The first-order chi connectivity index (χ1) is 16.2. The van der Waals surface area contributed by atoms with Crippen molar-refractivity contribution >= 4 is 12.1 Å². The molecule has 0 aromatic heterocycles. The van der Waals surface area contributed by atoms with Gasteiger partial charge in [-0.2, -0.15) is 0 Å². The van der Waals surface area contributed by atoms with Crippen molar-refractivity contribution in [2.75, 3.05) is 27.1 Å². The van der Waals surface area contributed by atoms with Crippen LogP contribution in [0, 0.1) is 5.92 Å². The van der Waals surface area contributed by atoms with Crippen LogP contribution in [0.2, 0.25) is 0 Å². The number of carbonyl (C=O) groups is 2. The van der Waals surface area contributed by atoms with E-state index in [0.29, 0.717) is 17.2 Å². The van der Waals surface area contributed by atoms with Crippen LogP contribution >= 0.6 is 0 Å². The van der Waals surface area contributed by atoms with Crippen molar-refractivity contribution in [2.45, 2.75) is 45.3 Å². The number of hydrogen-bond donors (Lipinski definition) is 0. The molecule has 0 bridgehead atoms. The van der Waals surface area contributed by atoms with Crippen molar-refractivity contribution in [1.82, 2.24) is 4.90 Å². The molecule has 1 amide bonds. The monoisotopic (exact) mass is 469 g/mol. The predicted octanol–water partition coefficient (Wildman–Crippen LogP) is 4.68. The number of hydrogen-bond acceptors (Lipinski definition) is 7. The molecule has 182 valence electrons. The first-order valence-corrected chi connectivity index (χ1v) is 11.4. The largest absolute Gasteiger partial charge is 0.497 e. The number of methoxy groups -OCH3 is 1. The minimum Gasteiger partial charge on any atom is -0.497 e. The average molecular weight is 470 g/mol. The lowest BCUT2D eigenvalue weighted by atomic mass is 9.82. The highest BCUT2D eigenvalue weighted by atomic mass is 16.7. The molecule has 3 atom stereocenters. The van der Waals surface area contributed by atoms with Crippen LogP contribution in [0.3, 0.4) is 0 Å². The number of fused-ring (bicyclic) bond motifs is 1. The van der Waals surface area contributed by atoms with Crippen molar-refractivity contribution in [1.29, 1.82) is 0 Å². The first kappa shape index (κ1) is 23.7. The van der Waals surface area contributed by atoms with Gasteiger partial charge in [-0.15, -0.1) is 0 Å². The molecule has 0 aliphatic carbocycles. The molecule has 4 rings (SSSR count). The zero-order valence-electron chi connectivity index (χ0n) is 20.2. The number of esters is 1. The van der Waals surface area contributed by atoms with Crippen LogP contribution in [-0.4, -0.2) is 49.6 Å². The van der Waals surface area contributed by atoms with Gasteiger partial charge in [0.05, 0.1) is 25.7 Å². The number of amides is 1. The molecule has 1 saturated heterocycles. The summed E-state index contributed by atoms with van der Waals surface area (Å²) in [5, 5.41) is 0. The third-order valence-corrected chi connectivity index (χ3v) is 5.97. The lowest BCUT2D eigenvalue weighted by Crippen LogP contribution is -2.38. The lowest BCUT2D eigenvalue weighted by molar-refractivity contribution is -0.149. The second kappa shape index (κ2) is 9.44. The standard InChI is InChI=1S/C26H31NO7/c1-6-31-24(28)22-19(17-9-12-20-21(13-17)33-15-32-20)14-27(25(29)34-26(2,3)4)23(22)16-7-10-18(30-5)11-8-16/h7-13,19,22-23H,6,14-15H2,1-5H3/t19-,22-,23-/m0/s1. The third-order valence-electron chi connectivity index (χ3n) is 5.97. The van der Waals surface area contributed by atoms with Crippen LogP contribution in [0.15, 0.2) is 42.5 Å². The van der Waals surface area contributed by atoms with Gasteiger partial charge in [-0.25, -0.2) is 4.79 Å². The van der Waals surface area contributed by atoms with Gasteiger partial charge in [-0.3, -0.25) is 9.69 Å². The Balaban J connectivity index is 1.79. The number of rotatable bonds is 5. The molecular formula is C26H31NO7. The number of likely N-dealkylation sites (tertiary alicyclic amines) is 1. The Hall–Kier alpha value is -3.42. The highest BCUT2D eigenvalue weighted by Gasteiger charge is 2.51. The number of benzene rings is 2. The topological polar surface area (TPSA) is 83.5 Å². The van der Waals surface area contributed by atoms with Crippen molar-refractivity contribution in [3.8, 4) is 17.2 Å². The molecule has 34 heavy (non-hydrogen) atoms. The first-order valence-electron chi connectivity index (χ1n) is 11.4. The fourth-order valence-corrected chi connectivity index (χ4v) is 4.54. The molecule has 2 aromatic rings. The molecule has 2 heterocycles. The number of carbonyl (C=O) groups excluding carboxylic acids is 2. The summed E-state index contributed by atoms with van der Waals surface area (Å²) in [7, 11) is 1.59. The summed E-state index contributed by atoms with van der Waals surface area (Å²) in [6.45, 7) is 7.92. The molecule has 1 fully saturated rings. The van der Waals surface area contributed by atoms with Crippen LogP contribution in [0.4, 0.5) is 4.79 Å². The number of nitrogens with zero attached hydrogens (tertiary/aromatic N) is 1. The summed E-state index contributed by atoms with van der Waals surface area (Å²) in [6, 6.07) is 12.4. The van der Waals surface area contributed by atoms with Crippen LogP contribution < -0.4 is 14.2 Å². The van der Waals surface area contributed by atoms with Gasteiger partial charge in [0.2, 0.25) is 6.79 Å². The average Bonchev–Trinajstić information content (AvgIpc) is 3.42. The molecule has 0 radical (unpaired) electrons. The Bertz CT molecular complexity index is 1040. The van der Waals surface area contributed by atoms with E-state index in [2.05, 4.69) is 0 Å². The van der Waals surface area contributed by atoms with Gasteiger partial charge in [0.25, 0.3) is 0 Å². The molecule has 8 nitrogen and oxygen atoms in total. The van der Waals surface area contributed by atoms with E-state index < -0.39 is 23.7 Å². The molecule has 0 spiro atoms. The Morgan fingerprint density at radius 1 is 1.03 bits per heavy atom. The Labute approximate surface area is 199 Å². The van der Waals surface area contributed by atoms with E-state index in [4.69, 9.17) is 23.7 Å². The fraction of sp³-hybridized carbons (Fsp3) is 0.462. The van der Waals surface area contributed by atoms with Gasteiger partial charge in [0, 0.05) is 12.5 Å². The van der Waals surface area contributed by atoms with Crippen molar-refractivity contribution in [3.63, 3.8) is 0 Å². The summed E-state index contributed by atoms with van der Waals surface area (Å²) in [4.78, 5) is 28.3. The minimum atomic E-state index is -0.683. The lowest BCUT2D eigenvalue weighted by Gasteiger charge is -2.30. The van der Waals surface area contributed by atoms with Gasteiger partial charge in [0.15, 0.2) is 11.5 Å². The maximum Gasteiger partial charge on any atom is 0.410 e. The van der Waals surface area contributed by atoms with E-state index in [0.717, 1.165) is 11.1 Å². The molecule has 2 aliphatic heterocycles. The van der Waals surface area contributed by atoms with Crippen LogP contribution in [0.5, 0.6) is 17.2 Å². The summed E-state index contributed by atoms with van der Waals surface area (Å²) in [5.74, 6) is 0.638. The maximum atomic E-state index is 13.3. The minimum absolute atomic E-state index is 0.156. The van der Waals surface area contributed by atoms with Crippen LogP contribution in [-0.2, 0) is 14.3 Å². The number of ether oxygens (including phenoxy) is 5. The van der Waals surface area contributed by atoms with Crippen molar-refractivity contribution < 1.29 is 33.3 Å². The Kier molecular flexibility index (Phi) is 6.59. The summed E-state index contributed by atoms with van der Waals surface area (Å²) in [5.41, 5.74) is 0.984. The van der Waals surface area contributed by atoms with E-state index in [1.807, 2.05) is 63.2 Å². The molecule has 0 N–H and O–H groups in total. The second-order valence-electron chi connectivity index (χ2n) is 9.35. The fourth-order valence-electron chi connectivity index (χ4n) is 4.54. The summed E-state index contributed by atoms with van der Waals surface area (Å²) in [6.07, 6.45) is -0.481. The van der Waals surface area contributed by atoms with Gasteiger partial charge >= 0.3 is 12.1 Å². The predicted molar refractivity (Wildman–Crippen MR) is 124 cm³/mol. The molecule has 0 saturated carbocycles. The van der Waals surface area contributed by atoms with E-state index in [9.17, 15) is 9.59 Å². The SMILES string of the molecule is CCOC(=O)[C@H]1[C@H](c2ccc3c(c2)OCO3)CN(C(=O)OC(C)(C)C)[C@H]1c1ccc(OC)cc1. The highest BCUT2D eigenvalue weighted by molar-refractivity contribution is 5.79. The van der Waals surface area contributed by atoms with Gasteiger partial charge in [-0.1, -0.05) is 18.2 Å².